The Morgan fingerprint density at radius 1 is 1.11 bits per heavy atom. The summed E-state index contributed by atoms with van der Waals surface area (Å²) >= 11 is 0. The van der Waals surface area contributed by atoms with Crippen molar-refractivity contribution in [3.8, 4) is 0 Å². The van der Waals surface area contributed by atoms with Crippen LogP contribution in [0.25, 0.3) is 0 Å². The first-order chi connectivity index (χ1) is 8.85. The molecule has 0 aromatic rings. The first-order valence-corrected chi connectivity index (χ1v) is 7.51. The van der Waals surface area contributed by atoms with Gasteiger partial charge < -0.3 is 15.6 Å². The number of nitrogens with two attached hydrogens (primary N) is 1. The van der Waals surface area contributed by atoms with Crippen LogP contribution in [0.2, 0.25) is 0 Å². The average Bonchev–Trinajstić information content (AvgIpc) is 2.45. The van der Waals surface area contributed by atoms with Crippen LogP contribution < -0.4 is 5.73 Å². The Kier molecular flexibility index (Phi) is 5.89. The van der Waals surface area contributed by atoms with E-state index in [4.69, 9.17) is 15.6 Å². The van der Waals surface area contributed by atoms with E-state index in [0.717, 1.165) is 32.5 Å². The van der Waals surface area contributed by atoms with Crippen molar-refractivity contribution in [2.24, 2.45) is 11.7 Å². The van der Waals surface area contributed by atoms with Gasteiger partial charge in [0.05, 0.1) is 19.3 Å². The third kappa shape index (κ3) is 3.67. The zero-order valence-electron chi connectivity index (χ0n) is 11.4. The van der Waals surface area contributed by atoms with E-state index >= 15 is 0 Å². The van der Waals surface area contributed by atoms with Crippen LogP contribution in [0.1, 0.15) is 38.5 Å². The molecule has 0 radical (unpaired) electrons. The number of nitrogens with zero attached hydrogens (tertiary/aromatic N) is 1. The molecule has 18 heavy (non-hydrogen) atoms. The number of aliphatic hydroxyl groups excluding tert-OH is 1. The molecule has 0 amide bonds. The fourth-order valence-corrected chi connectivity index (χ4v) is 3.54. The van der Waals surface area contributed by atoms with Crippen LogP contribution >= 0.6 is 0 Å². The summed E-state index contributed by atoms with van der Waals surface area (Å²) in [4.78, 5) is 2.63. The minimum absolute atomic E-state index is 0.137. The third-order valence-corrected chi connectivity index (χ3v) is 4.56. The van der Waals surface area contributed by atoms with Gasteiger partial charge in [-0.3, -0.25) is 4.90 Å². The van der Waals surface area contributed by atoms with Gasteiger partial charge in [-0.15, -0.1) is 0 Å². The first kappa shape index (κ1) is 14.3. The van der Waals surface area contributed by atoms with Crippen LogP contribution in [0.4, 0.5) is 0 Å². The molecule has 0 bridgehead atoms. The predicted octanol–water partition coefficient (Wildman–Crippen LogP) is 0.977. The molecule has 4 nitrogen and oxygen atoms in total. The molecule has 3 N–H and O–H groups in total. The quantitative estimate of drug-likeness (QED) is 0.770. The van der Waals surface area contributed by atoms with E-state index < -0.39 is 0 Å². The van der Waals surface area contributed by atoms with Crippen molar-refractivity contribution in [3.63, 3.8) is 0 Å². The van der Waals surface area contributed by atoms with Gasteiger partial charge >= 0.3 is 0 Å². The normalized spacial score (nSPS) is 31.7. The average molecular weight is 256 g/mol. The van der Waals surface area contributed by atoms with Gasteiger partial charge in [-0.1, -0.05) is 12.8 Å². The van der Waals surface area contributed by atoms with Crippen molar-refractivity contribution in [2.75, 3.05) is 32.8 Å². The number of hydrogen-bond donors (Lipinski definition) is 2. The van der Waals surface area contributed by atoms with Gasteiger partial charge in [0.25, 0.3) is 0 Å². The highest BCUT2D eigenvalue weighted by atomic mass is 16.5. The monoisotopic (exact) mass is 256 g/mol. The second-order valence-corrected chi connectivity index (χ2v) is 5.68. The van der Waals surface area contributed by atoms with E-state index in [0.29, 0.717) is 24.7 Å². The molecule has 2 fully saturated rings. The Hall–Kier alpha value is -0.160. The lowest BCUT2D eigenvalue weighted by molar-refractivity contribution is -0.0245. The van der Waals surface area contributed by atoms with Gasteiger partial charge in [0.1, 0.15) is 0 Å². The number of piperidine rings is 1. The highest BCUT2D eigenvalue weighted by molar-refractivity contribution is 4.86. The molecule has 2 aliphatic rings. The molecule has 1 aliphatic heterocycles. The second-order valence-electron chi connectivity index (χ2n) is 5.68. The van der Waals surface area contributed by atoms with E-state index in [-0.39, 0.29) is 6.61 Å². The van der Waals surface area contributed by atoms with Crippen molar-refractivity contribution in [2.45, 2.75) is 50.7 Å². The van der Waals surface area contributed by atoms with Crippen molar-refractivity contribution < 1.29 is 9.84 Å². The number of hydrogen-bond acceptors (Lipinski definition) is 4. The Balaban J connectivity index is 1.77. The topological polar surface area (TPSA) is 58.7 Å². The second kappa shape index (κ2) is 7.43. The first-order valence-electron chi connectivity index (χ1n) is 7.51. The molecule has 1 saturated carbocycles. The van der Waals surface area contributed by atoms with Crippen LogP contribution in [0.3, 0.4) is 0 Å². The van der Waals surface area contributed by atoms with E-state index in [1.807, 2.05) is 0 Å². The molecule has 0 aromatic carbocycles. The SMILES string of the molecule is NCC1CCCCC1N1CCC(OCCO)CC1. The van der Waals surface area contributed by atoms with Crippen molar-refractivity contribution in [3.05, 3.63) is 0 Å². The molecule has 2 atom stereocenters. The number of rotatable bonds is 5. The van der Waals surface area contributed by atoms with Crippen LogP contribution in [-0.4, -0.2) is 55.0 Å². The van der Waals surface area contributed by atoms with Gasteiger partial charge in [0.15, 0.2) is 0 Å². The van der Waals surface area contributed by atoms with E-state index in [2.05, 4.69) is 4.90 Å². The molecule has 1 heterocycles. The van der Waals surface area contributed by atoms with Crippen molar-refractivity contribution in [1.82, 2.24) is 4.90 Å². The molecule has 2 rings (SSSR count). The molecule has 1 saturated heterocycles. The summed E-state index contributed by atoms with van der Waals surface area (Å²) < 4.78 is 5.62. The number of likely N-dealkylation sites (tertiary alicyclic amines) is 1. The summed E-state index contributed by atoms with van der Waals surface area (Å²) in [6.45, 7) is 3.73. The van der Waals surface area contributed by atoms with Crippen LogP contribution in [0, 0.1) is 5.92 Å². The standard InChI is InChI=1S/C14H28N2O2/c15-11-12-3-1-2-4-14(12)16-7-5-13(6-8-16)18-10-9-17/h12-14,17H,1-11,15H2. The number of ether oxygens (including phenoxy) is 1. The molecule has 1 aliphatic carbocycles. The van der Waals surface area contributed by atoms with Gasteiger partial charge in [-0.05, 0) is 38.1 Å². The zero-order chi connectivity index (χ0) is 12.8. The highest BCUT2D eigenvalue weighted by Crippen LogP contribution is 2.30. The lowest BCUT2D eigenvalue weighted by Gasteiger charge is -2.43. The smallest absolute Gasteiger partial charge is 0.0701 e. The zero-order valence-corrected chi connectivity index (χ0v) is 11.4. The summed E-state index contributed by atoms with van der Waals surface area (Å²) in [5.74, 6) is 0.702. The van der Waals surface area contributed by atoms with E-state index in [1.54, 1.807) is 0 Å². The Morgan fingerprint density at radius 3 is 2.50 bits per heavy atom. The Bertz CT molecular complexity index is 230. The third-order valence-electron chi connectivity index (χ3n) is 4.56. The van der Waals surface area contributed by atoms with Gasteiger partial charge in [-0.25, -0.2) is 0 Å². The van der Waals surface area contributed by atoms with Gasteiger partial charge in [0, 0.05) is 19.1 Å². The molecule has 2 unspecified atom stereocenters. The lowest BCUT2D eigenvalue weighted by atomic mass is 9.82. The minimum Gasteiger partial charge on any atom is -0.394 e. The Morgan fingerprint density at radius 2 is 1.83 bits per heavy atom. The molecule has 0 aromatic heterocycles. The fourth-order valence-electron chi connectivity index (χ4n) is 3.54. The van der Waals surface area contributed by atoms with E-state index in [1.165, 1.54) is 25.7 Å². The van der Waals surface area contributed by atoms with Crippen LogP contribution in [0.5, 0.6) is 0 Å². The van der Waals surface area contributed by atoms with E-state index in [9.17, 15) is 0 Å². The summed E-state index contributed by atoms with van der Waals surface area (Å²) in [6, 6.07) is 0.711. The Labute approximate surface area is 110 Å². The molecule has 0 spiro atoms. The molecular weight excluding hydrogens is 228 g/mol. The molecular formula is C14H28N2O2. The minimum atomic E-state index is 0.137. The summed E-state index contributed by atoms with van der Waals surface area (Å²) in [5, 5.41) is 8.77. The van der Waals surface area contributed by atoms with Crippen LogP contribution in [0.15, 0.2) is 0 Å². The largest absolute Gasteiger partial charge is 0.394 e. The van der Waals surface area contributed by atoms with Gasteiger partial charge in [-0.2, -0.15) is 0 Å². The predicted molar refractivity (Wildman–Crippen MR) is 72.4 cm³/mol. The lowest BCUT2D eigenvalue weighted by Crippen LogP contribution is -2.49. The maximum atomic E-state index is 8.77. The van der Waals surface area contributed by atoms with Crippen molar-refractivity contribution in [1.29, 1.82) is 0 Å². The maximum absolute atomic E-state index is 8.77. The summed E-state index contributed by atoms with van der Waals surface area (Å²) in [6.07, 6.45) is 7.91. The number of aliphatic hydroxyl groups is 1. The molecule has 106 valence electrons. The van der Waals surface area contributed by atoms with Gasteiger partial charge in [0.2, 0.25) is 0 Å². The molecule has 4 heteroatoms. The highest BCUT2D eigenvalue weighted by Gasteiger charge is 2.31. The fraction of sp³-hybridized carbons (Fsp3) is 1.00. The van der Waals surface area contributed by atoms with Crippen LogP contribution in [-0.2, 0) is 4.74 Å². The summed E-state index contributed by atoms with van der Waals surface area (Å²) in [7, 11) is 0. The van der Waals surface area contributed by atoms with Crippen molar-refractivity contribution >= 4 is 0 Å². The maximum Gasteiger partial charge on any atom is 0.0701 e. The summed E-state index contributed by atoms with van der Waals surface area (Å²) in [5.41, 5.74) is 5.91.